The van der Waals surface area contributed by atoms with E-state index in [1.165, 1.54) is 0 Å². The summed E-state index contributed by atoms with van der Waals surface area (Å²) >= 11 is 1.57. The van der Waals surface area contributed by atoms with Crippen molar-refractivity contribution in [3.05, 3.63) is 72.6 Å². The number of rotatable bonds is 8. The number of thioether (sulfide) groups is 1. The van der Waals surface area contributed by atoms with Crippen molar-refractivity contribution in [2.75, 3.05) is 24.7 Å². The van der Waals surface area contributed by atoms with Crippen LogP contribution in [0.2, 0.25) is 0 Å². The zero-order chi connectivity index (χ0) is 18.2. The molecular formula is C20H22N4OS. The second kappa shape index (κ2) is 9.10. The number of para-hydroxylation sites is 1. The number of hydrogen-bond donors (Lipinski definition) is 2. The van der Waals surface area contributed by atoms with Crippen LogP contribution in [0.1, 0.15) is 16.8 Å². The number of benzene rings is 2. The fourth-order valence-electron chi connectivity index (χ4n) is 2.62. The van der Waals surface area contributed by atoms with Gasteiger partial charge in [-0.25, -0.2) is 4.98 Å². The summed E-state index contributed by atoms with van der Waals surface area (Å²) in [6.45, 7) is 1.44. The lowest BCUT2D eigenvalue weighted by molar-refractivity contribution is 0.0953. The molecule has 1 aromatic heterocycles. The summed E-state index contributed by atoms with van der Waals surface area (Å²) in [6, 6.07) is 17.6. The van der Waals surface area contributed by atoms with E-state index in [0.717, 1.165) is 29.5 Å². The van der Waals surface area contributed by atoms with Gasteiger partial charge >= 0.3 is 0 Å². The molecule has 6 heteroatoms. The molecule has 0 saturated heterocycles. The third-order valence-electron chi connectivity index (χ3n) is 3.92. The normalized spacial score (nSPS) is 10.5. The van der Waals surface area contributed by atoms with Crippen molar-refractivity contribution in [3.63, 3.8) is 0 Å². The molecule has 0 radical (unpaired) electrons. The highest BCUT2D eigenvalue weighted by molar-refractivity contribution is 7.98. The van der Waals surface area contributed by atoms with Crippen LogP contribution in [-0.2, 0) is 0 Å². The van der Waals surface area contributed by atoms with Gasteiger partial charge in [0.15, 0.2) is 5.16 Å². The molecule has 2 N–H and O–H groups in total. The zero-order valence-electron chi connectivity index (χ0n) is 14.7. The van der Waals surface area contributed by atoms with E-state index in [0.29, 0.717) is 12.1 Å². The molecule has 5 nitrogen and oxygen atoms in total. The van der Waals surface area contributed by atoms with E-state index in [1.54, 1.807) is 18.0 Å². The molecule has 0 spiro atoms. The first kappa shape index (κ1) is 18.1. The average Bonchev–Trinajstić information content (AvgIpc) is 3.17. The maximum atomic E-state index is 12.4. The van der Waals surface area contributed by atoms with Crippen LogP contribution >= 0.6 is 11.8 Å². The molecular weight excluding hydrogens is 344 g/mol. The second-order valence-electron chi connectivity index (χ2n) is 5.74. The Morgan fingerprint density at radius 2 is 1.96 bits per heavy atom. The van der Waals surface area contributed by atoms with Crippen molar-refractivity contribution >= 4 is 23.4 Å². The highest BCUT2D eigenvalue weighted by Gasteiger charge is 2.08. The summed E-state index contributed by atoms with van der Waals surface area (Å²) in [6.07, 6.45) is 6.51. The molecule has 0 unspecified atom stereocenters. The zero-order valence-corrected chi connectivity index (χ0v) is 15.5. The van der Waals surface area contributed by atoms with E-state index >= 15 is 0 Å². The average molecular weight is 366 g/mol. The fraction of sp³-hybridized carbons (Fsp3) is 0.200. The summed E-state index contributed by atoms with van der Waals surface area (Å²) in [5, 5.41) is 7.21. The third-order valence-corrected chi connectivity index (χ3v) is 4.59. The molecule has 26 heavy (non-hydrogen) atoms. The monoisotopic (exact) mass is 366 g/mol. The van der Waals surface area contributed by atoms with Crippen molar-refractivity contribution in [2.24, 2.45) is 0 Å². The number of aromatic nitrogens is 2. The minimum absolute atomic E-state index is 0.0580. The van der Waals surface area contributed by atoms with Gasteiger partial charge in [0.2, 0.25) is 0 Å². The van der Waals surface area contributed by atoms with Crippen LogP contribution in [0, 0.1) is 0 Å². The summed E-state index contributed by atoms with van der Waals surface area (Å²) in [5.41, 5.74) is 2.68. The molecule has 0 saturated carbocycles. The minimum Gasteiger partial charge on any atom is -0.385 e. The van der Waals surface area contributed by atoms with Gasteiger partial charge < -0.3 is 10.6 Å². The Bertz CT molecular complexity index is 848. The molecule has 134 valence electrons. The standard InChI is InChI=1S/C20H22N4OS/c1-26-20-23-13-14-24(20)18-10-5-7-16(15-18)19(25)22-12-6-11-21-17-8-3-2-4-9-17/h2-5,7-10,13-15,21H,6,11-12H2,1H3,(H,22,25). The van der Waals surface area contributed by atoms with Crippen molar-refractivity contribution in [2.45, 2.75) is 11.6 Å². The number of amides is 1. The molecule has 1 amide bonds. The molecule has 3 rings (SSSR count). The molecule has 1 heterocycles. The van der Waals surface area contributed by atoms with Crippen LogP contribution in [0.5, 0.6) is 0 Å². The lowest BCUT2D eigenvalue weighted by Gasteiger charge is -2.10. The van der Waals surface area contributed by atoms with Gasteiger partial charge in [-0.2, -0.15) is 0 Å². The van der Waals surface area contributed by atoms with E-state index in [1.807, 2.05) is 71.6 Å². The lowest BCUT2D eigenvalue weighted by Crippen LogP contribution is -2.25. The van der Waals surface area contributed by atoms with Crippen LogP contribution < -0.4 is 10.6 Å². The van der Waals surface area contributed by atoms with Gasteiger partial charge in [-0.15, -0.1) is 0 Å². The van der Waals surface area contributed by atoms with Crippen LogP contribution in [0.25, 0.3) is 5.69 Å². The summed E-state index contributed by atoms with van der Waals surface area (Å²) in [5.74, 6) is -0.0580. The minimum atomic E-state index is -0.0580. The molecule has 0 fully saturated rings. The van der Waals surface area contributed by atoms with Gasteiger partial charge in [0.05, 0.1) is 0 Å². The van der Waals surface area contributed by atoms with Crippen LogP contribution in [0.3, 0.4) is 0 Å². The van der Waals surface area contributed by atoms with E-state index < -0.39 is 0 Å². The van der Waals surface area contributed by atoms with Crippen molar-refractivity contribution in [1.29, 1.82) is 0 Å². The topological polar surface area (TPSA) is 59.0 Å². The van der Waals surface area contributed by atoms with Gasteiger partial charge in [-0.3, -0.25) is 9.36 Å². The quantitative estimate of drug-likeness (QED) is 0.470. The van der Waals surface area contributed by atoms with E-state index in [4.69, 9.17) is 0 Å². The molecule has 0 atom stereocenters. The Hall–Kier alpha value is -2.73. The molecule has 0 bridgehead atoms. The van der Waals surface area contributed by atoms with Crippen molar-refractivity contribution in [1.82, 2.24) is 14.9 Å². The first-order chi connectivity index (χ1) is 12.8. The predicted octanol–water partition coefficient (Wildman–Crippen LogP) is 3.83. The Labute approximate surface area is 157 Å². The van der Waals surface area contributed by atoms with Gasteiger partial charge in [0.25, 0.3) is 5.91 Å². The maximum Gasteiger partial charge on any atom is 0.251 e. The van der Waals surface area contributed by atoms with Crippen LogP contribution in [0.15, 0.2) is 72.1 Å². The number of anilines is 1. The number of nitrogens with one attached hydrogen (secondary N) is 2. The Kier molecular flexibility index (Phi) is 6.33. The van der Waals surface area contributed by atoms with Crippen molar-refractivity contribution in [3.8, 4) is 5.69 Å². The lowest BCUT2D eigenvalue weighted by atomic mass is 10.2. The molecule has 2 aromatic carbocycles. The highest BCUT2D eigenvalue weighted by atomic mass is 32.2. The predicted molar refractivity (Wildman–Crippen MR) is 107 cm³/mol. The molecule has 0 aliphatic carbocycles. The fourth-order valence-corrected chi connectivity index (χ4v) is 3.14. The second-order valence-corrected chi connectivity index (χ2v) is 6.51. The first-order valence-electron chi connectivity index (χ1n) is 8.53. The Morgan fingerprint density at radius 3 is 2.77 bits per heavy atom. The number of imidazole rings is 1. The highest BCUT2D eigenvalue weighted by Crippen LogP contribution is 2.18. The number of carbonyl (C=O) groups is 1. The number of carbonyl (C=O) groups excluding carboxylic acids is 1. The molecule has 0 aliphatic heterocycles. The van der Waals surface area contributed by atoms with E-state index in [-0.39, 0.29) is 5.91 Å². The van der Waals surface area contributed by atoms with Gasteiger partial charge in [0.1, 0.15) is 0 Å². The van der Waals surface area contributed by atoms with Crippen LogP contribution in [0.4, 0.5) is 5.69 Å². The Balaban J connectivity index is 1.51. The summed E-state index contributed by atoms with van der Waals surface area (Å²) in [7, 11) is 0. The number of hydrogen-bond acceptors (Lipinski definition) is 4. The smallest absolute Gasteiger partial charge is 0.251 e. The SMILES string of the molecule is CSc1nccn1-c1cccc(C(=O)NCCCNc2ccccc2)c1. The Morgan fingerprint density at radius 1 is 1.12 bits per heavy atom. The summed E-state index contributed by atoms with van der Waals surface area (Å²) < 4.78 is 1.98. The molecule has 0 aliphatic rings. The van der Waals surface area contributed by atoms with Gasteiger partial charge in [0, 0.05) is 42.4 Å². The van der Waals surface area contributed by atoms with Crippen molar-refractivity contribution < 1.29 is 4.79 Å². The maximum absolute atomic E-state index is 12.4. The van der Waals surface area contributed by atoms with Gasteiger partial charge in [-0.1, -0.05) is 36.0 Å². The van der Waals surface area contributed by atoms with Gasteiger partial charge in [-0.05, 0) is 43.0 Å². The van der Waals surface area contributed by atoms with E-state index in [2.05, 4.69) is 15.6 Å². The number of nitrogens with zero attached hydrogens (tertiary/aromatic N) is 2. The van der Waals surface area contributed by atoms with Crippen LogP contribution in [-0.4, -0.2) is 34.8 Å². The summed E-state index contributed by atoms with van der Waals surface area (Å²) in [4.78, 5) is 16.7. The van der Waals surface area contributed by atoms with E-state index in [9.17, 15) is 4.79 Å². The third kappa shape index (κ3) is 4.67. The molecule has 3 aromatic rings. The first-order valence-corrected chi connectivity index (χ1v) is 9.75. The largest absolute Gasteiger partial charge is 0.385 e.